The maximum Gasteiger partial charge on any atom is 0.446 e. The Hall–Kier alpha value is -1.48. The van der Waals surface area contributed by atoms with E-state index in [1.165, 1.54) is 35.9 Å². The highest BCUT2D eigenvalue weighted by Crippen LogP contribution is 2.43. The second kappa shape index (κ2) is 5.96. The van der Waals surface area contributed by atoms with Crippen LogP contribution >= 0.6 is 11.8 Å². The second-order valence-corrected chi connectivity index (χ2v) is 7.80. The van der Waals surface area contributed by atoms with Gasteiger partial charge in [-0.25, -0.2) is 13.4 Å². The van der Waals surface area contributed by atoms with Crippen LogP contribution in [0.1, 0.15) is 6.92 Å². The first kappa shape index (κ1) is 16.9. The van der Waals surface area contributed by atoms with E-state index in [9.17, 15) is 21.6 Å². The van der Waals surface area contributed by atoms with Crippen LogP contribution in [-0.4, -0.2) is 29.2 Å². The summed E-state index contributed by atoms with van der Waals surface area (Å²) in [7, 11) is -2.09. The molecule has 1 heterocycles. The number of benzene rings is 1. The predicted octanol–water partition coefficient (Wildman–Crippen LogP) is 3.49. The molecule has 0 aliphatic rings. The van der Waals surface area contributed by atoms with Gasteiger partial charge in [-0.05, 0) is 23.9 Å². The number of rotatable bonds is 4. The van der Waals surface area contributed by atoms with E-state index in [-0.39, 0.29) is 38.7 Å². The summed E-state index contributed by atoms with van der Waals surface area (Å²) in [5.74, 6) is -0.0238. The Bertz CT molecular complexity index is 783. The first-order valence-electron chi connectivity index (χ1n) is 6.25. The summed E-state index contributed by atoms with van der Waals surface area (Å²) in [6.45, 7) is 1.45. The summed E-state index contributed by atoms with van der Waals surface area (Å²) in [6.07, 6.45) is 2.96. The number of imidazole rings is 1. The summed E-state index contributed by atoms with van der Waals surface area (Å²) in [5.41, 5.74) is -4.53. The van der Waals surface area contributed by atoms with E-state index in [2.05, 4.69) is 4.98 Å². The molecule has 0 radical (unpaired) electrons. The zero-order valence-electron chi connectivity index (χ0n) is 11.8. The molecule has 0 unspecified atom stereocenters. The molecule has 0 amide bonds. The van der Waals surface area contributed by atoms with Gasteiger partial charge in [0.05, 0.1) is 10.6 Å². The maximum atomic E-state index is 12.8. The Balaban J connectivity index is 2.77. The van der Waals surface area contributed by atoms with Crippen LogP contribution in [0.4, 0.5) is 13.2 Å². The van der Waals surface area contributed by atoms with E-state index in [1.54, 1.807) is 13.2 Å². The zero-order chi connectivity index (χ0) is 16.5. The van der Waals surface area contributed by atoms with Crippen molar-refractivity contribution in [1.82, 2.24) is 9.55 Å². The average molecular weight is 350 g/mol. The average Bonchev–Trinajstić information content (AvgIpc) is 2.82. The van der Waals surface area contributed by atoms with Gasteiger partial charge in [0.15, 0.2) is 9.84 Å². The number of sulfone groups is 1. The van der Waals surface area contributed by atoms with E-state index in [0.29, 0.717) is 0 Å². The summed E-state index contributed by atoms with van der Waals surface area (Å²) in [4.78, 5) is 3.68. The third-order valence-corrected chi connectivity index (χ3v) is 5.54. The molecule has 0 aliphatic heterocycles. The van der Waals surface area contributed by atoms with Gasteiger partial charge in [-0.1, -0.05) is 13.0 Å². The minimum atomic E-state index is -4.52. The van der Waals surface area contributed by atoms with Crippen LogP contribution in [0, 0.1) is 0 Å². The first-order chi connectivity index (χ1) is 10.2. The second-order valence-electron chi connectivity index (χ2n) is 4.44. The van der Waals surface area contributed by atoms with Gasteiger partial charge >= 0.3 is 5.51 Å². The largest absolute Gasteiger partial charge is 0.446 e. The molecule has 22 heavy (non-hydrogen) atoms. The van der Waals surface area contributed by atoms with E-state index in [0.717, 1.165) is 0 Å². The quantitative estimate of drug-likeness (QED) is 0.792. The van der Waals surface area contributed by atoms with Gasteiger partial charge in [-0.2, -0.15) is 13.2 Å². The lowest BCUT2D eigenvalue weighted by Crippen LogP contribution is -2.09. The van der Waals surface area contributed by atoms with Crippen LogP contribution in [-0.2, 0) is 16.9 Å². The lowest BCUT2D eigenvalue weighted by Gasteiger charge is -2.15. The Morgan fingerprint density at radius 3 is 2.50 bits per heavy atom. The standard InChI is InChI=1S/C13H13F3N2O2S2/c1-3-22(19,20)10-6-4-5-9(21-13(14,15)16)11(10)12-17-7-8-18(12)2/h4-8H,3H2,1-2H3. The zero-order valence-corrected chi connectivity index (χ0v) is 13.4. The number of hydrogen-bond acceptors (Lipinski definition) is 4. The number of halogens is 3. The Kier molecular flexibility index (Phi) is 4.57. The van der Waals surface area contributed by atoms with Gasteiger partial charge in [0.25, 0.3) is 0 Å². The van der Waals surface area contributed by atoms with E-state index >= 15 is 0 Å². The molecular weight excluding hydrogens is 337 g/mol. The van der Waals surface area contributed by atoms with Crippen LogP contribution < -0.4 is 0 Å². The minimum Gasteiger partial charge on any atom is -0.334 e. The van der Waals surface area contributed by atoms with Crippen molar-refractivity contribution in [3.8, 4) is 11.4 Å². The number of aromatic nitrogens is 2. The lowest BCUT2D eigenvalue weighted by atomic mass is 10.2. The third-order valence-electron chi connectivity index (χ3n) is 2.97. The van der Waals surface area contributed by atoms with Crippen LogP contribution in [0.3, 0.4) is 0 Å². The third kappa shape index (κ3) is 3.46. The van der Waals surface area contributed by atoms with E-state index < -0.39 is 15.3 Å². The number of alkyl halides is 3. The molecule has 9 heteroatoms. The number of thioether (sulfide) groups is 1. The fraction of sp³-hybridized carbons (Fsp3) is 0.308. The van der Waals surface area contributed by atoms with Crippen molar-refractivity contribution < 1.29 is 21.6 Å². The van der Waals surface area contributed by atoms with Gasteiger partial charge in [0.2, 0.25) is 0 Å². The molecular formula is C13H13F3N2O2S2. The fourth-order valence-corrected chi connectivity index (χ4v) is 3.84. The molecule has 0 saturated heterocycles. The van der Waals surface area contributed by atoms with Gasteiger partial charge in [-0.15, -0.1) is 0 Å². The normalized spacial score (nSPS) is 12.6. The fourth-order valence-electron chi connectivity index (χ4n) is 1.96. The van der Waals surface area contributed by atoms with Crippen molar-refractivity contribution in [1.29, 1.82) is 0 Å². The molecule has 0 aliphatic carbocycles. The highest BCUT2D eigenvalue weighted by molar-refractivity contribution is 8.00. The van der Waals surface area contributed by atoms with Gasteiger partial charge in [-0.3, -0.25) is 0 Å². The molecule has 4 nitrogen and oxygen atoms in total. The smallest absolute Gasteiger partial charge is 0.334 e. The molecule has 1 aromatic carbocycles. The summed E-state index contributed by atoms with van der Waals surface area (Å²) >= 11 is -0.343. The lowest BCUT2D eigenvalue weighted by molar-refractivity contribution is -0.0328. The highest BCUT2D eigenvalue weighted by atomic mass is 32.2. The van der Waals surface area contributed by atoms with Crippen LogP contribution in [0.2, 0.25) is 0 Å². The van der Waals surface area contributed by atoms with Crippen molar-refractivity contribution in [3.63, 3.8) is 0 Å². The Morgan fingerprint density at radius 2 is 2.00 bits per heavy atom. The molecule has 0 atom stereocenters. The van der Waals surface area contributed by atoms with E-state index in [4.69, 9.17) is 0 Å². The topological polar surface area (TPSA) is 52.0 Å². The summed E-state index contributed by atoms with van der Waals surface area (Å²) < 4.78 is 64.2. The molecule has 2 rings (SSSR count). The first-order valence-corrected chi connectivity index (χ1v) is 8.72. The molecule has 0 saturated carbocycles. The van der Waals surface area contributed by atoms with Crippen molar-refractivity contribution in [3.05, 3.63) is 30.6 Å². The summed E-state index contributed by atoms with van der Waals surface area (Å²) in [6, 6.07) is 3.86. The SMILES string of the molecule is CCS(=O)(=O)c1cccc(SC(F)(F)F)c1-c1nccn1C. The van der Waals surface area contributed by atoms with E-state index in [1.807, 2.05) is 0 Å². The van der Waals surface area contributed by atoms with Crippen molar-refractivity contribution in [2.75, 3.05) is 5.75 Å². The molecule has 2 aromatic rings. The molecule has 0 spiro atoms. The maximum absolute atomic E-state index is 12.8. The van der Waals surface area contributed by atoms with Crippen LogP contribution in [0.25, 0.3) is 11.4 Å². The number of nitrogens with zero attached hydrogens (tertiary/aromatic N) is 2. The highest BCUT2D eigenvalue weighted by Gasteiger charge is 2.33. The molecule has 1 aromatic heterocycles. The van der Waals surface area contributed by atoms with Crippen LogP contribution in [0.5, 0.6) is 0 Å². The molecule has 0 bridgehead atoms. The van der Waals surface area contributed by atoms with Crippen molar-refractivity contribution >= 4 is 21.6 Å². The monoisotopic (exact) mass is 350 g/mol. The number of hydrogen-bond donors (Lipinski definition) is 0. The molecule has 0 N–H and O–H groups in total. The minimum absolute atomic E-state index is 0.0147. The van der Waals surface area contributed by atoms with Crippen LogP contribution in [0.15, 0.2) is 40.4 Å². The molecule has 120 valence electrons. The van der Waals surface area contributed by atoms with Gasteiger partial charge < -0.3 is 4.57 Å². The van der Waals surface area contributed by atoms with Crippen molar-refractivity contribution in [2.24, 2.45) is 7.05 Å². The Labute approximate surface area is 130 Å². The van der Waals surface area contributed by atoms with Gasteiger partial charge in [0, 0.05) is 29.9 Å². The predicted molar refractivity (Wildman–Crippen MR) is 78.3 cm³/mol. The number of aryl methyl sites for hydroxylation is 1. The Morgan fingerprint density at radius 1 is 1.32 bits per heavy atom. The summed E-state index contributed by atoms with van der Waals surface area (Å²) in [5, 5.41) is 0. The van der Waals surface area contributed by atoms with Crippen molar-refractivity contribution in [2.45, 2.75) is 22.2 Å². The van der Waals surface area contributed by atoms with Gasteiger partial charge in [0.1, 0.15) is 5.82 Å². The molecule has 0 fully saturated rings.